The number of anilines is 1. The number of hydrogen-bond donors (Lipinski definition) is 1. The van der Waals surface area contributed by atoms with Gasteiger partial charge in [0.25, 0.3) is 0 Å². The Morgan fingerprint density at radius 1 is 1.03 bits per heavy atom. The first-order valence-electron chi connectivity index (χ1n) is 10.8. The molecule has 4 nitrogen and oxygen atoms in total. The summed E-state index contributed by atoms with van der Waals surface area (Å²) >= 11 is 1.87. The number of allylic oxidation sites excluding steroid dienone is 1. The van der Waals surface area contributed by atoms with Crippen molar-refractivity contribution >= 4 is 35.7 Å². The van der Waals surface area contributed by atoms with Gasteiger partial charge in [0.1, 0.15) is 12.1 Å². The maximum Gasteiger partial charge on any atom is 0.150 e. The average Bonchev–Trinajstić information content (AvgIpc) is 3.23. The summed E-state index contributed by atoms with van der Waals surface area (Å²) < 4.78 is 0. The lowest BCUT2D eigenvalue weighted by molar-refractivity contribution is 0.112. The van der Waals surface area contributed by atoms with Gasteiger partial charge < -0.3 is 5.32 Å². The molecule has 0 atom stereocenters. The molecule has 0 unspecified atom stereocenters. The van der Waals surface area contributed by atoms with Crippen LogP contribution >= 0.6 is 11.3 Å². The zero-order chi connectivity index (χ0) is 21.8. The zero-order valence-electron chi connectivity index (χ0n) is 18.4. The number of nitrogens with zero attached hydrogens (tertiary/aromatic N) is 2. The molecule has 1 aromatic carbocycles. The van der Waals surface area contributed by atoms with Gasteiger partial charge in [-0.2, -0.15) is 0 Å². The highest BCUT2D eigenvalue weighted by Crippen LogP contribution is 2.22. The fourth-order valence-corrected chi connectivity index (χ4v) is 4.27. The van der Waals surface area contributed by atoms with Crippen molar-refractivity contribution in [3.05, 3.63) is 63.1 Å². The van der Waals surface area contributed by atoms with Crippen LogP contribution in [0.2, 0.25) is 0 Å². The van der Waals surface area contributed by atoms with E-state index in [0.717, 1.165) is 41.9 Å². The second kappa shape index (κ2) is 12.9. The molecular formula is C25H33N3OS. The van der Waals surface area contributed by atoms with Crippen LogP contribution in [0.4, 0.5) is 5.69 Å². The third kappa shape index (κ3) is 7.06. The highest BCUT2D eigenvalue weighted by Gasteiger charge is 2.11. The van der Waals surface area contributed by atoms with Crippen molar-refractivity contribution < 1.29 is 4.79 Å². The van der Waals surface area contributed by atoms with Crippen molar-refractivity contribution in [3.8, 4) is 0 Å². The molecule has 2 aromatic rings. The SMILES string of the molecule is C=N/C(Nc1ccc(C=O)cc1)=C(/CC)C(CC)=NCc1ccc(CCCCC)s1. The monoisotopic (exact) mass is 423 g/mol. The lowest BCUT2D eigenvalue weighted by Crippen LogP contribution is -2.10. The number of carbonyl (C=O) groups excluding carboxylic acids is 1. The number of rotatable bonds is 13. The van der Waals surface area contributed by atoms with Crippen molar-refractivity contribution in [2.45, 2.75) is 65.8 Å². The third-order valence-corrected chi connectivity index (χ3v) is 6.09. The van der Waals surface area contributed by atoms with Gasteiger partial charge in [-0.1, -0.05) is 33.6 Å². The molecule has 0 bridgehead atoms. The van der Waals surface area contributed by atoms with Crippen molar-refractivity contribution in [2.75, 3.05) is 5.32 Å². The standard InChI is InChI=1S/C25H33N3OS/c1-5-8-9-10-21-15-16-22(30-21)17-27-24(7-3)23(6-2)25(26-4)28-20-13-11-19(18-29)12-14-20/h11-16,18,28H,4-10,17H2,1-3H3/b25-23+,27-24?. The Labute approximate surface area is 184 Å². The van der Waals surface area contributed by atoms with E-state index in [-0.39, 0.29) is 0 Å². The van der Waals surface area contributed by atoms with Crippen LogP contribution in [0.3, 0.4) is 0 Å². The molecule has 0 aliphatic rings. The van der Waals surface area contributed by atoms with E-state index >= 15 is 0 Å². The summed E-state index contributed by atoms with van der Waals surface area (Å²) in [4.78, 5) is 22.8. The average molecular weight is 424 g/mol. The summed E-state index contributed by atoms with van der Waals surface area (Å²) in [6.45, 7) is 10.9. The third-order valence-electron chi connectivity index (χ3n) is 4.96. The summed E-state index contributed by atoms with van der Waals surface area (Å²) in [7, 11) is 0. The first-order valence-corrected chi connectivity index (χ1v) is 11.6. The molecule has 1 aromatic heterocycles. The second-order valence-corrected chi connectivity index (χ2v) is 8.40. The Morgan fingerprint density at radius 2 is 1.77 bits per heavy atom. The van der Waals surface area contributed by atoms with Gasteiger partial charge in [0.2, 0.25) is 0 Å². The zero-order valence-corrected chi connectivity index (χ0v) is 19.2. The van der Waals surface area contributed by atoms with Gasteiger partial charge in [-0.25, -0.2) is 4.99 Å². The topological polar surface area (TPSA) is 53.8 Å². The number of aliphatic imine (C=N–C) groups is 2. The molecule has 0 fully saturated rings. The largest absolute Gasteiger partial charge is 0.340 e. The van der Waals surface area contributed by atoms with Gasteiger partial charge in [-0.05, 0) is 68.8 Å². The minimum atomic E-state index is 0.647. The van der Waals surface area contributed by atoms with E-state index in [0.29, 0.717) is 12.1 Å². The number of nitrogens with one attached hydrogen (secondary N) is 1. The van der Waals surface area contributed by atoms with Gasteiger partial charge in [0, 0.05) is 32.3 Å². The molecular weight excluding hydrogens is 390 g/mol. The van der Waals surface area contributed by atoms with Crippen LogP contribution in [0, 0.1) is 0 Å². The second-order valence-electron chi connectivity index (χ2n) is 7.15. The molecule has 0 saturated heterocycles. The van der Waals surface area contributed by atoms with Crippen LogP contribution in [0.5, 0.6) is 0 Å². The predicted molar refractivity (Wildman–Crippen MR) is 131 cm³/mol. The number of aryl methyl sites for hydroxylation is 1. The molecule has 1 N–H and O–H groups in total. The fourth-order valence-electron chi connectivity index (χ4n) is 3.29. The van der Waals surface area contributed by atoms with Crippen LogP contribution in [0.15, 0.2) is 57.8 Å². The van der Waals surface area contributed by atoms with E-state index in [2.05, 4.69) is 49.9 Å². The van der Waals surface area contributed by atoms with Gasteiger partial charge >= 0.3 is 0 Å². The number of aldehydes is 1. The van der Waals surface area contributed by atoms with E-state index < -0.39 is 0 Å². The molecule has 0 spiro atoms. The van der Waals surface area contributed by atoms with E-state index in [4.69, 9.17) is 4.99 Å². The van der Waals surface area contributed by atoms with E-state index in [1.807, 2.05) is 23.5 Å². The van der Waals surface area contributed by atoms with Crippen LogP contribution in [0.25, 0.3) is 0 Å². The summed E-state index contributed by atoms with van der Waals surface area (Å²) in [6.07, 6.45) is 7.46. The quantitative estimate of drug-likeness (QED) is 0.213. The van der Waals surface area contributed by atoms with Gasteiger partial charge in [-0.15, -0.1) is 11.3 Å². The molecule has 30 heavy (non-hydrogen) atoms. The Morgan fingerprint density at radius 3 is 2.37 bits per heavy atom. The Hall–Kier alpha value is -2.53. The minimum absolute atomic E-state index is 0.647. The predicted octanol–water partition coefficient (Wildman–Crippen LogP) is 7.08. The number of benzene rings is 1. The first kappa shape index (κ1) is 23.7. The van der Waals surface area contributed by atoms with Crippen molar-refractivity contribution in [1.29, 1.82) is 0 Å². The molecule has 5 heteroatoms. The van der Waals surface area contributed by atoms with Gasteiger partial charge in [0.05, 0.1) is 6.54 Å². The summed E-state index contributed by atoms with van der Waals surface area (Å²) in [5.41, 5.74) is 3.65. The molecule has 2 rings (SSSR count). The maximum atomic E-state index is 10.9. The lowest BCUT2D eigenvalue weighted by Gasteiger charge is -2.14. The maximum absolute atomic E-state index is 10.9. The summed E-state index contributed by atoms with van der Waals surface area (Å²) in [6, 6.07) is 11.8. The van der Waals surface area contributed by atoms with Crippen LogP contribution in [-0.4, -0.2) is 18.7 Å². The van der Waals surface area contributed by atoms with E-state index in [9.17, 15) is 4.79 Å². The van der Waals surface area contributed by atoms with Crippen molar-refractivity contribution in [1.82, 2.24) is 0 Å². The summed E-state index contributed by atoms with van der Waals surface area (Å²) in [5.74, 6) is 0.725. The fraction of sp³-hybridized carbons (Fsp3) is 0.400. The van der Waals surface area contributed by atoms with Crippen molar-refractivity contribution in [3.63, 3.8) is 0 Å². The summed E-state index contributed by atoms with van der Waals surface area (Å²) in [5, 5.41) is 3.33. The van der Waals surface area contributed by atoms with E-state index in [1.165, 1.54) is 35.4 Å². The number of hydrogen-bond acceptors (Lipinski definition) is 5. The van der Waals surface area contributed by atoms with Crippen LogP contribution in [0.1, 0.15) is 73.0 Å². The number of unbranched alkanes of at least 4 members (excludes halogenated alkanes) is 2. The Kier molecular flexibility index (Phi) is 10.2. The molecule has 0 amide bonds. The first-order chi connectivity index (χ1) is 14.6. The minimum Gasteiger partial charge on any atom is -0.340 e. The molecule has 160 valence electrons. The van der Waals surface area contributed by atoms with Gasteiger partial charge in [0.15, 0.2) is 0 Å². The molecule has 0 radical (unpaired) electrons. The number of carbonyl (C=O) groups is 1. The highest BCUT2D eigenvalue weighted by molar-refractivity contribution is 7.11. The van der Waals surface area contributed by atoms with Crippen LogP contribution in [-0.2, 0) is 13.0 Å². The Bertz CT molecular complexity index is 878. The van der Waals surface area contributed by atoms with Gasteiger partial charge in [-0.3, -0.25) is 9.79 Å². The molecule has 0 aliphatic heterocycles. The molecule has 1 heterocycles. The highest BCUT2D eigenvalue weighted by atomic mass is 32.1. The molecule has 0 saturated carbocycles. The number of thiophene rings is 1. The Balaban J connectivity index is 2.16. The van der Waals surface area contributed by atoms with Crippen LogP contribution < -0.4 is 5.32 Å². The van der Waals surface area contributed by atoms with E-state index in [1.54, 1.807) is 12.1 Å². The lowest BCUT2D eigenvalue weighted by atomic mass is 10.1. The molecule has 0 aliphatic carbocycles. The van der Waals surface area contributed by atoms with Crippen molar-refractivity contribution in [2.24, 2.45) is 9.98 Å². The normalized spacial score (nSPS) is 12.4. The smallest absolute Gasteiger partial charge is 0.150 e.